The number of rotatable bonds is 4. The highest BCUT2D eigenvalue weighted by Gasteiger charge is 2.21. The molecule has 0 bridgehead atoms. The Morgan fingerprint density at radius 2 is 1.95 bits per heavy atom. The van der Waals surface area contributed by atoms with Crippen LogP contribution in [0.5, 0.6) is 5.88 Å². The minimum absolute atomic E-state index is 0.0252. The molecule has 0 amide bonds. The Bertz CT molecular complexity index is 720. The summed E-state index contributed by atoms with van der Waals surface area (Å²) in [4.78, 5) is 3.76. The molecule has 20 heavy (non-hydrogen) atoms. The first-order chi connectivity index (χ1) is 9.42. The monoisotopic (exact) mass is 360 g/mol. The summed E-state index contributed by atoms with van der Waals surface area (Å²) in [6.07, 6.45) is 1.43. The number of hydrogen-bond acceptors (Lipinski definition) is 4. The minimum Gasteiger partial charge on any atom is -0.480 e. The molecule has 106 valence electrons. The normalized spacial score (nSPS) is 11.2. The fraction of sp³-hybridized carbons (Fsp3) is 0.0833. The first kappa shape index (κ1) is 14.7. The van der Waals surface area contributed by atoms with E-state index >= 15 is 0 Å². The van der Waals surface area contributed by atoms with Crippen LogP contribution < -0.4 is 9.46 Å². The maximum absolute atomic E-state index is 12.8. The number of anilines is 1. The summed E-state index contributed by atoms with van der Waals surface area (Å²) in [5.41, 5.74) is 0.244. The van der Waals surface area contributed by atoms with Gasteiger partial charge in [-0.2, -0.15) is 0 Å². The van der Waals surface area contributed by atoms with Gasteiger partial charge in [-0.15, -0.1) is 0 Å². The van der Waals surface area contributed by atoms with Crippen molar-refractivity contribution in [3.8, 4) is 5.88 Å². The van der Waals surface area contributed by atoms with Crippen LogP contribution in [0, 0.1) is 5.82 Å². The lowest BCUT2D eigenvalue weighted by molar-refractivity contribution is 0.385. The Morgan fingerprint density at radius 1 is 1.30 bits per heavy atom. The predicted octanol–water partition coefficient (Wildman–Crippen LogP) is 2.79. The first-order valence-corrected chi connectivity index (χ1v) is 7.68. The number of nitrogens with zero attached hydrogens (tertiary/aromatic N) is 1. The van der Waals surface area contributed by atoms with Crippen molar-refractivity contribution in [3.05, 3.63) is 46.8 Å². The Kier molecular flexibility index (Phi) is 4.24. The maximum atomic E-state index is 12.8. The van der Waals surface area contributed by atoms with Crippen molar-refractivity contribution in [3.63, 3.8) is 0 Å². The molecule has 0 aliphatic rings. The van der Waals surface area contributed by atoms with Gasteiger partial charge in [-0.25, -0.2) is 17.8 Å². The van der Waals surface area contributed by atoms with Crippen molar-refractivity contribution in [1.29, 1.82) is 0 Å². The Labute approximate surface area is 124 Å². The topological polar surface area (TPSA) is 68.3 Å². The highest BCUT2D eigenvalue weighted by Crippen LogP contribution is 2.26. The molecular formula is C12H10BrFN2O3S. The summed E-state index contributed by atoms with van der Waals surface area (Å²) in [6, 6.07) is 6.34. The highest BCUT2D eigenvalue weighted by atomic mass is 79.9. The van der Waals surface area contributed by atoms with Gasteiger partial charge in [-0.3, -0.25) is 4.72 Å². The number of hydrogen-bond donors (Lipinski definition) is 1. The van der Waals surface area contributed by atoms with Crippen molar-refractivity contribution < 1.29 is 17.5 Å². The van der Waals surface area contributed by atoms with Crippen molar-refractivity contribution in [2.75, 3.05) is 11.8 Å². The quantitative estimate of drug-likeness (QED) is 0.909. The number of halogens is 2. The van der Waals surface area contributed by atoms with E-state index in [1.165, 1.54) is 31.5 Å². The van der Waals surface area contributed by atoms with E-state index in [0.717, 1.165) is 12.1 Å². The molecule has 0 fully saturated rings. The Morgan fingerprint density at radius 3 is 2.55 bits per heavy atom. The average molecular weight is 361 g/mol. The van der Waals surface area contributed by atoms with Crippen LogP contribution in [-0.4, -0.2) is 20.5 Å². The summed E-state index contributed by atoms with van der Waals surface area (Å²) < 4.78 is 45.1. The smallest absolute Gasteiger partial charge is 0.267 e. The van der Waals surface area contributed by atoms with Crippen LogP contribution in [0.15, 0.2) is 45.9 Å². The highest BCUT2D eigenvalue weighted by molar-refractivity contribution is 9.10. The van der Waals surface area contributed by atoms with Gasteiger partial charge >= 0.3 is 0 Å². The molecule has 0 aliphatic carbocycles. The van der Waals surface area contributed by atoms with Crippen LogP contribution >= 0.6 is 15.9 Å². The lowest BCUT2D eigenvalue weighted by Gasteiger charge is -2.11. The molecule has 2 rings (SSSR count). The van der Waals surface area contributed by atoms with E-state index in [1.807, 2.05) is 0 Å². The molecule has 0 saturated carbocycles. The van der Waals surface area contributed by atoms with Gasteiger partial charge in [-0.1, -0.05) is 0 Å². The summed E-state index contributed by atoms with van der Waals surface area (Å²) in [5.74, 6) is -0.475. The fourth-order valence-electron chi connectivity index (χ4n) is 1.48. The van der Waals surface area contributed by atoms with Crippen LogP contribution in [0.4, 0.5) is 10.1 Å². The molecule has 2 aromatic rings. The number of pyridine rings is 1. The van der Waals surface area contributed by atoms with Crippen molar-refractivity contribution in [1.82, 2.24) is 4.98 Å². The molecule has 0 radical (unpaired) electrons. The second kappa shape index (κ2) is 5.76. The number of sulfonamides is 1. The predicted molar refractivity (Wildman–Crippen MR) is 75.7 cm³/mol. The molecule has 0 spiro atoms. The molecule has 0 unspecified atom stereocenters. The zero-order valence-electron chi connectivity index (χ0n) is 10.3. The second-order valence-corrected chi connectivity index (χ2v) is 6.34. The number of aromatic nitrogens is 1. The first-order valence-electron chi connectivity index (χ1n) is 5.40. The van der Waals surface area contributed by atoms with Gasteiger partial charge in [0.1, 0.15) is 5.82 Å². The van der Waals surface area contributed by atoms with E-state index in [2.05, 4.69) is 25.6 Å². The van der Waals surface area contributed by atoms with E-state index in [9.17, 15) is 12.8 Å². The van der Waals surface area contributed by atoms with Crippen molar-refractivity contribution in [2.45, 2.75) is 4.90 Å². The number of nitrogens with one attached hydrogen (secondary N) is 1. The summed E-state index contributed by atoms with van der Waals surface area (Å²) in [5, 5.41) is 0. The Balaban J connectivity index is 2.40. The van der Waals surface area contributed by atoms with E-state index in [0.29, 0.717) is 4.47 Å². The van der Waals surface area contributed by atoms with Crippen LogP contribution in [0.3, 0.4) is 0 Å². The molecule has 1 heterocycles. The number of methoxy groups -OCH3 is 1. The number of benzene rings is 1. The second-order valence-electron chi connectivity index (χ2n) is 3.77. The molecule has 5 nitrogen and oxygen atoms in total. The SMILES string of the molecule is COc1ncc(Br)cc1S(=O)(=O)Nc1ccc(F)cc1. The average Bonchev–Trinajstić information content (AvgIpc) is 2.41. The van der Waals surface area contributed by atoms with Crippen LogP contribution in [0.25, 0.3) is 0 Å². The fourth-order valence-corrected chi connectivity index (χ4v) is 3.17. The molecule has 0 atom stereocenters. The van der Waals surface area contributed by atoms with Gasteiger partial charge in [-0.05, 0) is 46.3 Å². The summed E-state index contributed by atoms with van der Waals surface area (Å²) in [6.45, 7) is 0. The van der Waals surface area contributed by atoms with Crippen molar-refractivity contribution in [2.24, 2.45) is 0 Å². The zero-order valence-corrected chi connectivity index (χ0v) is 12.7. The van der Waals surface area contributed by atoms with E-state index in [-0.39, 0.29) is 16.5 Å². The Hall–Kier alpha value is -1.67. The lowest BCUT2D eigenvalue weighted by Crippen LogP contribution is -2.14. The minimum atomic E-state index is -3.88. The molecule has 0 saturated heterocycles. The summed E-state index contributed by atoms with van der Waals surface area (Å²) in [7, 11) is -2.55. The largest absolute Gasteiger partial charge is 0.480 e. The molecule has 1 aromatic carbocycles. The van der Waals surface area contributed by atoms with E-state index < -0.39 is 15.8 Å². The van der Waals surface area contributed by atoms with Gasteiger partial charge in [0, 0.05) is 16.4 Å². The van der Waals surface area contributed by atoms with Crippen LogP contribution in [-0.2, 0) is 10.0 Å². The number of ether oxygens (including phenoxy) is 1. The van der Waals surface area contributed by atoms with Gasteiger partial charge in [0.05, 0.1) is 7.11 Å². The molecule has 0 aliphatic heterocycles. The third-order valence-electron chi connectivity index (χ3n) is 2.36. The van der Waals surface area contributed by atoms with E-state index in [1.54, 1.807) is 0 Å². The van der Waals surface area contributed by atoms with Gasteiger partial charge < -0.3 is 4.74 Å². The summed E-state index contributed by atoms with van der Waals surface area (Å²) >= 11 is 3.15. The van der Waals surface area contributed by atoms with Crippen molar-refractivity contribution >= 4 is 31.6 Å². The standard InChI is InChI=1S/C12H10BrFN2O3S/c1-19-12-11(6-8(13)7-15-12)20(17,18)16-10-4-2-9(14)3-5-10/h2-7,16H,1H3. The molecule has 1 N–H and O–H groups in total. The van der Waals surface area contributed by atoms with Crippen LogP contribution in [0.2, 0.25) is 0 Å². The maximum Gasteiger partial charge on any atom is 0.267 e. The molecular weight excluding hydrogens is 351 g/mol. The van der Waals surface area contributed by atoms with Gasteiger partial charge in [0.2, 0.25) is 5.88 Å². The van der Waals surface area contributed by atoms with E-state index in [4.69, 9.17) is 4.74 Å². The lowest BCUT2D eigenvalue weighted by atomic mass is 10.3. The van der Waals surface area contributed by atoms with Gasteiger partial charge in [0.15, 0.2) is 4.90 Å². The van der Waals surface area contributed by atoms with Crippen LogP contribution in [0.1, 0.15) is 0 Å². The third kappa shape index (κ3) is 3.26. The third-order valence-corrected chi connectivity index (χ3v) is 4.17. The zero-order chi connectivity index (χ0) is 14.8. The van der Waals surface area contributed by atoms with Gasteiger partial charge in [0.25, 0.3) is 10.0 Å². The molecule has 1 aromatic heterocycles. The molecule has 8 heteroatoms.